The lowest BCUT2D eigenvalue weighted by Crippen LogP contribution is -2.72. The molecule has 0 N–H and O–H groups in total. The summed E-state index contributed by atoms with van der Waals surface area (Å²) in [7, 11) is -2.22. The van der Waals surface area contributed by atoms with E-state index in [0.29, 0.717) is 0 Å². The maximum absolute atomic E-state index is 2.83. The highest BCUT2D eigenvalue weighted by molar-refractivity contribution is 7.17. The van der Waals surface area contributed by atoms with Gasteiger partial charge in [-0.2, -0.15) is 0 Å². The maximum Gasteiger partial charge on any atom is 0.209 e. The molecule has 0 rings (SSSR count). The van der Waals surface area contributed by atoms with Crippen molar-refractivity contribution < 1.29 is 0 Å². The summed E-state index contributed by atoms with van der Waals surface area (Å²) in [6, 6.07) is 0. The van der Waals surface area contributed by atoms with Crippen LogP contribution in [0.2, 0.25) is 0 Å². The van der Waals surface area contributed by atoms with Crippen molar-refractivity contribution in [3.63, 3.8) is 0 Å². The van der Waals surface area contributed by atoms with Gasteiger partial charge in [0.2, 0.25) is 17.3 Å². The van der Waals surface area contributed by atoms with Gasteiger partial charge in [0.15, 0.2) is 0 Å². The van der Waals surface area contributed by atoms with E-state index < -0.39 is 17.3 Å². The van der Waals surface area contributed by atoms with E-state index in [2.05, 4.69) is 73.7 Å². The van der Waals surface area contributed by atoms with Gasteiger partial charge in [-0.1, -0.05) is 55.4 Å². The first-order valence-electron chi connectivity index (χ1n) is 9.55. The fraction of sp³-hybridized carbons (Fsp3) is 1.00. The van der Waals surface area contributed by atoms with Crippen LogP contribution in [0.5, 0.6) is 0 Å². The second-order valence-electron chi connectivity index (χ2n) is 5.71. The van der Waals surface area contributed by atoms with E-state index in [9.17, 15) is 0 Å². The van der Waals surface area contributed by atoms with Crippen molar-refractivity contribution in [2.75, 3.05) is 52.4 Å². The van der Waals surface area contributed by atoms with Crippen LogP contribution in [-0.2, 0) is 0 Å². The second kappa shape index (κ2) is 12.7. The fourth-order valence-corrected chi connectivity index (χ4v) is 18.6. The summed E-state index contributed by atoms with van der Waals surface area (Å²) in [4.78, 5) is 0. The van der Waals surface area contributed by atoms with Gasteiger partial charge in [0, 0.05) is 0 Å². The van der Waals surface area contributed by atoms with Crippen molar-refractivity contribution in [1.82, 2.24) is 18.3 Å². The normalized spacial score (nSPS) is 12.8. The van der Waals surface area contributed by atoms with Gasteiger partial charge >= 0.3 is 0 Å². The Hall–Kier alpha value is 0.274. The number of hydrogen-bond acceptors (Lipinski definition) is 4. The van der Waals surface area contributed by atoms with Crippen molar-refractivity contribution >= 4 is 17.3 Å². The van der Waals surface area contributed by atoms with E-state index in [1.165, 1.54) is 52.4 Å². The monoisotopic (exact) mass is 346 g/mol. The summed E-state index contributed by atoms with van der Waals surface area (Å²) in [6.07, 6.45) is 0. The fourth-order valence-electron chi connectivity index (χ4n) is 3.61. The molecule has 0 heterocycles. The van der Waals surface area contributed by atoms with Crippen LogP contribution in [0, 0.1) is 0 Å². The lowest BCUT2D eigenvalue weighted by molar-refractivity contribution is 0.353. The van der Waals surface area contributed by atoms with Crippen molar-refractivity contribution in [1.29, 1.82) is 0 Å². The van der Waals surface area contributed by atoms with Crippen LogP contribution >= 0.6 is 0 Å². The number of hydrogen-bond donors (Lipinski definition) is 0. The van der Waals surface area contributed by atoms with Crippen LogP contribution in [-0.4, -0.2) is 87.9 Å². The van der Waals surface area contributed by atoms with E-state index in [1.807, 2.05) is 0 Å². The van der Waals surface area contributed by atoms with Gasteiger partial charge < -0.3 is 18.3 Å². The molecule has 134 valence electrons. The molecule has 0 bridgehead atoms. The topological polar surface area (TPSA) is 13.0 Å². The molecule has 0 spiro atoms. The van der Waals surface area contributed by atoms with Crippen LogP contribution < -0.4 is 0 Å². The van der Waals surface area contributed by atoms with Crippen molar-refractivity contribution in [3.8, 4) is 0 Å². The molecule has 22 heavy (non-hydrogen) atoms. The minimum absolute atomic E-state index is 1.11. The highest BCUT2D eigenvalue weighted by Crippen LogP contribution is 2.13. The Kier molecular flexibility index (Phi) is 12.8. The second-order valence-corrected chi connectivity index (χ2v) is 13.9. The summed E-state index contributed by atoms with van der Waals surface area (Å²) < 4.78 is 11.3. The zero-order chi connectivity index (χ0) is 17.1. The summed E-state index contributed by atoms with van der Waals surface area (Å²) in [5, 5.41) is 0. The van der Waals surface area contributed by atoms with E-state index in [1.54, 1.807) is 0 Å². The molecule has 0 atom stereocenters. The zero-order valence-corrected chi connectivity index (χ0v) is 18.9. The van der Waals surface area contributed by atoms with E-state index in [4.69, 9.17) is 0 Å². The molecule has 0 aliphatic heterocycles. The molecular formula is C16H42N4Si2. The molecule has 0 aromatic rings. The van der Waals surface area contributed by atoms with E-state index in [-0.39, 0.29) is 0 Å². The Morgan fingerprint density at radius 2 is 0.500 bits per heavy atom. The highest BCUT2D eigenvalue weighted by Gasteiger charge is 2.40. The van der Waals surface area contributed by atoms with Crippen molar-refractivity contribution in [3.05, 3.63) is 0 Å². The smallest absolute Gasteiger partial charge is 0.209 e. The highest BCUT2D eigenvalue weighted by atomic mass is 29.2. The zero-order valence-electron chi connectivity index (χ0n) is 16.6. The minimum atomic E-state index is -1.11. The Bertz CT molecular complexity index is 203. The van der Waals surface area contributed by atoms with Gasteiger partial charge in [0.1, 0.15) is 0 Å². The third-order valence-corrected chi connectivity index (χ3v) is 18.1. The summed E-state index contributed by atoms with van der Waals surface area (Å²) in [6.45, 7) is 28.4. The van der Waals surface area contributed by atoms with Gasteiger partial charge in [-0.05, 0) is 52.4 Å². The van der Waals surface area contributed by atoms with Gasteiger partial charge in [-0.15, -0.1) is 0 Å². The lowest BCUT2D eigenvalue weighted by Gasteiger charge is -2.47. The minimum Gasteiger partial charge on any atom is -0.315 e. The van der Waals surface area contributed by atoms with Gasteiger partial charge in [-0.25, -0.2) is 0 Å². The quantitative estimate of drug-likeness (QED) is 0.472. The van der Waals surface area contributed by atoms with Gasteiger partial charge in [0.25, 0.3) is 0 Å². The van der Waals surface area contributed by atoms with Gasteiger partial charge in [0.05, 0.1) is 0 Å². The molecule has 6 heteroatoms. The Labute approximate surface area is 143 Å². The molecule has 0 radical (unpaired) electrons. The van der Waals surface area contributed by atoms with Crippen LogP contribution in [0.25, 0.3) is 0 Å². The van der Waals surface area contributed by atoms with Gasteiger partial charge in [-0.3, -0.25) is 0 Å². The Morgan fingerprint density at radius 3 is 0.591 bits per heavy atom. The van der Waals surface area contributed by atoms with E-state index >= 15 is 0 Å². The maximum atomic E-state index is 2.83. The number of rotatable bonds is 13. The largest absolute Gasteiger partial charge is 0.315 e. The first-order valence-corrected chi connectivity index (χ1v) is 14.3. The molecule has 0 amide bonds. The lowest BCUT2D eigenvalue weighted by atomic mass is 10.7. The SMILES string of the molecule is CCN(CC)[SiH](N(CC)CC)[SiH](N(CC)CC)N(CC)CC. The van der Waals surface area contributed by atoms with Crippen molar-refractivity contribution in [2.24, 2.45) is 0 Å². The first kappa shape index (κ1) is 22.3. The average Bonchev–Trinajstić information content (AvgIpc) is 2.56. The molecular weight excluding hydrogens is 304 g/mol. The molecule has 0 aliphatic carbocycles. The third kappa shape index (κ3) is 5.72. The summed E-state index contributed by atoms with van der Waals surface area (Å²) in [5.41, 5.74) is 0. The van der Waals surface area contributed by atoms with Crippen LogP contribution in [0.15, 0.2) is 0 Å². The predicted molar refractivity (Wildman–Crippen MR) is 106 cm³/mol. The first-order chi connectivity index (χ1) is 10.6. The summed E-state index contributed by atoms with van der Waals surface area (Å²) in [5.74, 6) is 0. The Balaban J connectivity index is 5.77. The standard InChI is InChI=1S/C16H42N4Si2/c1-9-17(10-2)21(18(11-3)12-4)22(19(13-5)14-6)20(15-7)16-8/h21-22H,9-16H2,1-8H3. The van der Waals surface area contributed by atoms with E-state index in [0.717, 1.165) is 0 Å². The van der Waals surface area contributed by atoms with Crippen molar-refractivity contribution in [2.45, 2.75) is 55.4 Å². The molecule has 0 saturated heterocycles. The molecule has 0 aliphatic rings. The Morgan fingerprint density at radius 1 is 0.364 bits per heavy atom. The van der Waals surface area contributed by atoms with Crippen LogP contribution in [0.3, 0.4) is 0 Å². The third-order valence-electron chi connectivity index (χ3n) is 5.01. The predicted octanol–water partition coefficient (Wildman–Crippen LogP) is 1.87. The molecule has 0 unspecified atom stereocenters. The molecule has 0 aromatic heterocycles. The molecule has 4 nitrogen and oxygen atoms in total. The average molecular weight is 347 g/mol. The molecule has 0 fully saturated rings. The molecule has 0 saturated carbocycles. The summed E-state index contributed by atoms with van der Waals surface area (Å²) >= 11 is 0. The number of nitrogens with zero attached hydrogens (tertiary/aromatic N) is 4. The molecule has 0 aromatic carbocycles. The van der Waals surface area contributed by atoms with Crippen LogP contribution in [0.1, 0.15) is 55.4 Å². The van der Waals surface area contributed by atoms with Crippen LogP contribution in [0.4, 0.5) is 0 Å².